The molecule has 178 valence electrons. The minimum atomic E-state index is -0.649. The normalized spacial score (nSPS) is 13.9. The number of anilines is 3. The predicted octanol–water partition coefficient (Wildman–Crippen LogP) is 5.93. The summed E-state index contributed by atoms with van der Waals surface area (Å²) in [5.74, 6) is -0.373. The highest BCUT2D eigenvalue weighted by Crippen LogP contribution is 2.30. The van der Waals surface area contributed by atoms with Gasteiger partial charge in [-0.2, -0.15) is 0 Å². The highest BCUT2D eigenvalue weighted by atomic mass is 16.6. The number of hydrogen-bond acceptors (Lipinski definition) is 6. The monoisotopic (exact) mass is 462 g/mol. The molecule has 0 atom stereocenters. The molecule has 0 unspecified atom stereocenters. The van der Waals surface area contributed by atoms with Crippen molar-refractivity contribution in [1.29, 1.82) is 0 Å². The SMILES string of the molecule is CC(C)(C)OC(=O)Nc1ccc(-c2ccoc2)cc1NC(=O)c1ccc(N2CCCCC2)cn1. The summed E-state index contributed by atoms with van der Waals surface area (Å²) >= 11 is 0. The number of piperidine rings is 1. The Morgan fingerprint density at radius 1 is 0.971 bits per heavy atom. The molecule has 1 aliphatic heterocycles. The Morgan fingerprint density at radius 2 is 1.76 bits per heavy atom. The molecule has 1 aliphatic rings. The van der Waals surface area contributed by atoms with Crippen LogP contribution in [0.3, 0.4) is 0 Å². The van der Waals surface area contributed by atoms with E-state index in [4.69, 9.17) is 9.15 Å². The minimum Gasteiger partial charge on any atom is -0.472 e. The van der Waals surface area contributed by atoms with Gasteiger partial charge in [-0.15, -0.1) is 0 Å². The van der Waals surface area contributed by atoms with Crippen molar-refractivity contribution in [3.05, 3.63) is 60.8 Å². The van der Waals surface area contributed by atoms with Crippen molar-refractivity contribution in [3.8, 4) is 11.1 Å². The molecule has 34 heavy (non-hydrogen) atoms. The van der Waals surface area contributed by atoms with Crippen molar-refractivity contribution >= 4 is 29.1 Å². The topological polar surface area (TPSA) is 96.7 Å². The summed E-state index contributed by atoms with van der Waals surface area (Å²) in [4.78, 5) is 32.0. The van der Waals surface area contributed by atoms with Gasteiger partial charge in [0.15, 0.2) is 0 Å². The van der Waals surface area contributed by atoms with Crippen LogP contribution in [0.4, 0.5) is 21.9 Å². The maximum atomic E-state index is 13.0. The van der Waals surface area contributed by atoms with Gasteiger partial charge in [0.1, 0.15) is 11.3 Å². The molecule has 0 saturated carbocycles. The second kappa shape index (κ2) is 9.99. The largest absolute Gasteiger partial charge is 0.472 e. The Bertz CT molecular complexity index is 1130. The van der Waals surface area contributed by atoms with E-state index < -0.39 is 11.7 Å². The van der Waals surface area contributed by atoms with E-state index in [9.17, 15) is 9.59 Å². The summed E-state index contributed by atoms with van der Waals surface area (Å²) < 4.78 is 10.5. The van der Waals surface area contributed by atoms with Crippen LogP contribution < -0.4 is 15.5 Å². The van der Waals surface area contributed by atoms with Crippen molar-refractivity contribution in [2.45, 2.75) is 45.6 Å². The van der Waals surface area contributed by atoms with Crippen LogP contribution in [0.15, 0.2) is 59.5 Å². The zero-order valence-electron chi connectivity index (χ0n) is 19.8. The lowest BCUT2D eigenvalue weighted by atomic mass is 10.1. The van der Waals surface area contributed by atoms with E-state index in [1.807, 2.05) is 18.2 Å². The first-order chi connectivity index (χ1) is 16.3. The minimum absolute atomic E-state index is 0.290. The molecule has 0 radical (unpaired) electrons. The fourth-order valence-electron chi connectivity index (χ4n) is 3.82. The van der Waals surface area contributed by atoms with Gasteiger partial charge in [-0.25, -0.2) is 9.78 Å². The number of carbonyl (C=O) groups excluding carboxylic acids is 2. The first kappa shape index (κ1) is 23.4. The third kappa shape index (κ3) is 5.95. The van der Waals surface area contributed by atoms with Crippen LogP contribution in [0.5, 0.6) is 0 Å². The predicted molar refractivity (Wildman–Crippen MR) is 132 cm³/mol. The zero-order chi connectivity index (χ0) is 24.1. The fourth-order valence-corrected chi connectivity index (χ4v) is 3.82. The molecular formula is C26H30N4O4. The number of furan rings is 1. The van der Waals surface area contributed by atoms with Crippen molar-refractivity contribution in [1.82, 2.24) is 4.98 Å². The first-order valence-electron chi connectivity index (χ1n) is 11.5. The van der Waals surface area contributed by atoms with Crippen LogP contribution in [-0.2, 0) is 4.74 Å². The van der Waals surface area contributed by atoms with Crippen LogP contribution >= 0.6 is 0 Å². The molecule has 8 nitrogen and oxygen atoms in total. The van der Waals surface area contributed by atoms with Gasteiger partial charge in [-0.05, 0) is 75.9 Å². The lowest BCUT2D eigenvalue weighted by molar-refractivity contribution is 0.0635. The van der Waals surface area contributed by atoms with Gasteiger partial charge in [0.05, 0.1) is 35.8 Å². The van der Waals surface area contributed by atoms with Gasteiger partial charge in [0.25, 0.3) is 5.91 Å². The number of nitrogens with one attached hydrogen (secondary N) is 2. The first-order valence-corrected chi connectivity index (χ1v) is 11.5. The van der Waals surface area contributed by atoms with E-state index in [1.165, 1.54) is 19.3 Å². The van der Waals surface area contributed by atoms with Crippen molar-refractivity contribution in [3.63, 3.8) is 0 Å². The molecule has 2 aromatic heterocycles. The van der Waals surface area contributed by atoms with E-state index >= 15 is 0 Å². The Hall–Kier alpha value is -3.81. The van der Waals surface area contributed by atoms with E-state index in [-0.39, 0.29) is 11.6 Å². The van der Waals surface area contributed by atoms with Crippen LogP contribution in [-0.4, -0.2) is 35.7 Å². The number of pyridine rings is 1. The average molecular weight is 463 g/mol. The molecule has 1 fully saturated rings. The number of ether oxygens (including phenoxy) is 1. The molecule has 4 rings (SSSR count). The van der Waals surface area contributed by atoms with Crippen molar-refractivity contribution < 1.29 is 18.7 Å². The lowest BCUT2D eigenvalue weighted by Gasteiger charge is -2.28. The number of carbonyl (C=O) groups is 2. The molecule has 2 N–H and O–H groups in total. The second-order valence-corrected chi connectivity index (χ2v) is 9.30. The fraction of sp³-hybridized carbons (Fsp3) is 0.346. The molecule has 0 spiro atoms. The maximum absolute atomic E-state index is 13.0. The Labute approximate surface area is 199 Å². The summed E-state index contributed by atoms with van der Waals surface area (Å²) in [6.07, 6.45) is 7.91. The number of benzene rings is 1. The van der Waals surface area contributed by atoms with Gasteiger partial charge >= 0.3 is 6.09 Å². The lowest BCUT2D eigenvalue weighted by Crippen LogP contribution is -2.29. The summed E-state index contributed by atoms with van der Waals surface area (Å²) in [5.41, 5.74) is 3.18. The standard InChI is InChI=1S/C26H30N4O4/c1-26(2,3)34-25(32)29-21-9-7-18(19-11-14-33-17-19)15-23(21)28-24(31)22-10-8-20(16-27-22)30-12-5-4-6-13-30/h7-11,14-17H,4-6,12-13H2,1-3H3,(H,28,31)(H,29,32). The quantitative estimate of drug-likeness (QED) is 0.488. The Morgan fingerprint density at radius 3 is 2.41 bits per heavy atom. The number of aromatic nitrogens is 1. The maximum Gasteiger partial charge on any atom is 0.412 e. The molecule has 3 heterocycles. The van der Waals surface area contributed by atoms with Gasteiger partial charge in [0.2, 0.25) is 0 Å². The number of rotatable bonds is 5. The molecule has 1 aromatic carbocycles. The molecule has 3 aromatic rings. The van der Waals surface area contributed by atoms with E-state index in [1.54, 1.807) is 57.7 Å². The van der Waals surface area contributed by atoms with Crippen LogP contribution in [0, 0.1) is 0 Å². The Kier molecular flexibility index (Phi) is 6.86. The van der Waals surface area contributed by atoms with E-state index in [0.29, 0.717) is 11.4 Å². The molecule has 0 aliphatic carbocycles. The molecule has 0 bridgehead atoms. The van der Waals surface area contributed by atoms with Crippen LogP contribution in [0.2, 0.25) is 0 Å². The Balaban J connectivity index is 1.55. The molecular weight excluding hydrogens is 432 g/mol. The summed E-state index contributed by atoms with van der Waals surface area (Å²) in [6, 6.07) is 10.8. The highest BCUT2D eigenvalue weighted by Gasteiger charge is 2.19. The van der Waals surface area contributed by atoms with Crippen LogP contribution in [0.25, 0.3) is 11.1 Å². The van der Waals surface area contributed by atoms with E-state index in [2.05, 4.69) is 20.5 Å². The average Bonchev–Trinajstić information content (AvgIpc) is 3.35. The molecule has 1 saturated heterocycles. The zero-order valence-corrected chi connectivity index (χ0v) is 19.8. The van der Waals surface area contributed by atoms with Crippen molar-refractivity contribution in [2.75, 3.05) is 28.6 Å². The van der Waals surface area contributed by atoms with Gasteiger partial charge in [-0.3, -0.25) is 10.1 Å². The van der Waals surface area contributed by atoms with Crippen molar-refractivity contribution in [2.24, 2.45) is 0 Å². The van der Waals surface area contributed by atoms with Gasteiger partial charge in [0, 0.05) is 18.7 Å². The number of nitrogens with zero attached hydrogens (tertiary/aromatic N) is 2. The second-order valence-electron chi connectivity index (χ2n) is 9.30. The molecule has 2 amide bonds. The third-order valence-electron chi connectivity index (χ3n) is 5.46. The summed E-state index contributed by atoms with van der Waals surface area (Å²) in [5, 5.41) is 5.60. The summed E-state index contributed by atoms with van der Waals surface area (Å²) in [7, 11) is 0. The van der Waals surface area contributed by atoms with E-state index in [0.717, 1.165) is 29.9 Å². The van der Waals surface area contributed by atoms with Gasteiger partial charge < -0.3 is 19.4 Å². The van der Waals surface area contributed by atoms with Crippen LogP contribution in [0.1, 0.15) is 50.5 Å². The number of amides is 2. The smallest absolute Gasteiger partial charge is 0.412 e. The molecule has 8 heteroatoms. The number of hydrogen-bond donors (Lipinski definition) is 2. The third-order valence-corrected chi connectivity index (χ3v) is 5.46. The highest BCUT2D eigenvalue weighted by molar-refractivity contribution is 6.06. The summed E-state index contributed by atoms with van der Waals surface area (Å²) in [6.45, 7) is 7.38. The van der Waals surface area contributed by atoms with Gasteiger partial charge in [-0.1, -0.05) is 6.07 Å².